The highest BCUT2D eigenvalue weighted by molar-refractivity contribution is 6.30. The molecule has 8 nitrogen and oxygen atoms in total. The summed E-state index contributed by atoms with van der Waals surface area (Å²) in [6, 6.07) is 15.4. The van der Waals surface area contributed by atoms with Gasteiger partial charge >= 0.3 is 0 Å². The second-order valence-electron chi connectivity index (χ2n) is 5.99. The van der Waals surface area contributed by atoms with Gasteiger partial charge in [-0.3, -0.25) is 4.79 Å². The van der Waals surface area contributed by atoms with E-state index in [1.807, 2.05) is 48.5 Å². The largest absolute Gasteiger partial charge is 0.489 e. The molecule has 0 aliphatic rings. The molecule has 1 amide bonds. The van der Waals surface area contributed by atoms with E-state index in [2.05, 4.69) is 25.6 Å². The summed E-state index contributed by atoms with van der Waals surface area (Å²) in [6.07, 6.45) is 0. The van der Waals surface area contributed by atoms with Crippen LogP contribution in [-0.4, -0.2) is 29.3 Å². The molecule has 0 spiro atoms. The van der Waals surface area contributed by atoms with E-state index in [1.165, 1.54) is 0 Å². The Balaban J connectivity index is 0.00000300. The number of benzene rings is 2. The number of carbonyl (C=O) groups excluding carboxylic acids is 1. The first-order valence-electron chi connectivity index (χ1n) is 8.65. The molecule has 0 saturated carbocycles. The van der Waals surface area contributed by atoms with Gasteiger partial charge in [0.1, 0.15) is 12.4 Å². The van der Waals surface area contributed by atoms with E-state index in [-0.39, 0.29) is 23.9 Å². The molecule has 0 aliphatic carbocycles. The first kappa shape index (κ1) is 22.5. The molecule has 0 atom stereocenters. The van der Waals surface area contributed by atoms with Crippen LogP contribution < -0.4 is 21.1 Å². The topological polar surface area (TPSA) is 115 Å². The molecule has 3 aromatic rings. The molecule has 29 heavy (non-hydrogen) atoms. The van der Waals surface area contributed by atoms with Crippen LogP contribution in [0.5, 0.6) is 5.75 Å². The van der Waals surface area contributed by atoms with Crippen molar-refractivity contribution in [1.29, 1.82) is 0 Å². The van der Waals surface area contributed by atoms with Crippen molar-refractivity contribution in [3.05, 3.63) is 70.4 Å². The zero-order chi connectivity index (χ0) is 19.8. The van der Waals surface area contributed by atoms with Crippen molar-refractivity contribution >= 4 is 35.7 Å². The Morgan fingerprint density at radius 2 is 1.90 bits per heavy atom. The maximum absolute atomic E-state index is 11.8. The number of hydrogen-bond acceptors (Lipinski definition) is 7. The lowest BCUT2D eigenvalue weighted by molar-refractivity contribution is 0.0944. The van der Waals surface area contributed by atoms with E-state index >= 15 is 0 Å². The van der Waals surface area contributed by atoms with Crippen LogP contribution >= 0.6 is 24.0 Å². The number of nitrogens with two attached hydrogens (primary N) is 1. The molecule has 154 valence electrons. The normalized spacial score (nSPS) is 10.2. The summed E-state index contributed by atoms with van der Waals surface area (Å²) >= 11 is 5.88. The number of rotatable bonds is 9. The van der Waals surface area contributed by atoms with E-state index in [1.54, 1.807) is 0 Å². The molecule has 1 aromatic heterocycles. The van der Waals surface area contributed by atoms with E-state index in [0.717, 1.165) is 16.9 Å². The monoisotopic (exact) mass is 437 g/mol. The lowest BCUT2D eigenvalue weighted by Crippen LogP contribution is -2.32. The Bertz CT molecular complexity index is 918. The Morgan fingerprint density at radius 3 is 2.62 bits per heavy atom. The van der Waals surface area contributed by atoms with Crippen LogP contribution in [0.3, 0.4) is 0 Å². The number of hydrogen-bond donors (Lipinski definition) is 3. The number of amides is 1. The van der Waals surface area contributed by atoms with Gasteiger partial charge in [0.25, 0.3) is 5.91 Å². The molecule has 0 unspecified atom stereocenters. The summed E-state index contributed by atoms with van der Waals surface area (Å²) in [5, 5.41) is 13.5. The van der Waals surface area contributed by atoms with Crippen LogP contribution in [0.1, 0.15) is 21.6 Å². The molecular formula is C19H21Cl2N5O3. The van der Waals surface area contributed by atoms with Gasteiger partial charge in [0.2, 0.25) is 11.5 Å². The fraction of sp³-hybridized carbons (Fsp3) is 0.211. The molecule has 0 radical (unpaired) electrons. The maximum atomic E-state index is 11.8. The van der Waals surface area contributed by atoms with Gasteiger partial charge in [-0.1, -0.05) is 35.9 Å². The third kappa shape index (κ3) is 6.94. The fourth-order valence-electron chi connectivity index (χ4n) is 2.43. The Labute approximate surface area is 179 Å². The van der Waals surface area contributed by atoms with E-state index in [0.29, 0.717) is 31.3 Å². The zero-order valence-electron chi connectivity index (χ0n) is 15.4. The second kappa shape index (κ2) is 11.3. The third-order valence-electron chi connectivity index (χ3n) is 3.86. The van der Waals surface area contributed by atoms with Gasteiger partial charge < -0.3 is 21.1 Å². The molecule has 10 heteroatoms. The number of nitrogen functional groups attached to an aromatic ring is 1. The van der Waals surface area contributed by atoms with Crippen LogP contribution in [0.4, 0.5) is 5.82 Å². The minimum Gasteiger partial charge on any atom is -0.489 e. The summed E-state index contributed by atoms with van der Waals surface area (Å²) in [6.45, 7) is 2.10. The highest BCUT2D eigenvalue weighted by Gasteiger charge is 2.14. The quantitative estimate of drug-likeness (QED) is 0.440. The fourth-order valence-corrected chi connectivity index (χ4v) is 2.55. The van der Waals surface area contributed by atoms with Crippen molar-refractivity contribution < 1.29 is 14.2 Å². The van der Waals surface area contributed by atoms with Crippen LogP contribution in [0.2, 0.25) is 5.02 Å². The van der Waals surface area contributed by atoms with Crippen molar-refractivity contribution in [2.45, 2.75) is 13.2 Å². The van der Waals surface area contributed by atoms with Gasteiger partial charge in [0, 0.05) is 24.7 Å². The predicted octanol–water partition coefficient (Wildman–Crippen LogP) is 2.83. The van der Waals surface area contributed by atoms with Crippen molar-refractivity contribution in [1.82, 2.24) is 20.9 Å². The summed E-state index contributed by atoms with van der Waals surface area (Å²) in [5.41, 5.74) is 7.58. The van der Waals surface area contributed by atoms with Crippen LogP contribution in [0.15, 0.2) is 53.2 Å². The predicted molar refractivity (Wildman–Crippen MR) is 112 cm³/mol. The lowest BCUT2D eigenvalue weighted by atomic mass is 10.2. The van der Waals surface area contributed by atoms with Crippen LogP contribution in [0, 0.1) is 0 Å². The number of carbonyl (C=O) groups is 1. The van der Waals surface area contributed by atoms with Crippen molar-refractivity contribution in [2.24, 2.45) is 0 Å². The zero-order valence-corrected chi connectivity index (χ0v) is 17.0. The van der Waals surface area contributed by atoms with Crippen LogP contribution in [0.25, 0.3) is 0 Å². The molecule has 4 N–H and O–H groups in total. The number of ether oxygens (including phenoxy) is 1. The van der Waals surface area contributed by atoms with Gasteiger partial charge in [0.05, 0.1) is 0 Å². The second-order valence-corrected chi connectivity index (χ2v) is 6.43. The van der Waals surface area contributed by atoms with Gasteiger partial charge in [-0.2, -0.15) is 0 Å². The van der Waals surface area contributed by atoms with E-state index < -0.39 is 5.91 Å². The van der Waals surface area contributed by atoms with Crippen LogP contribution in [-0.2, 0) is 13.2 Å². The summed E-state index contributed by atoms with van der Waals surface area (Å²) < 4.78 is 10.2. The molecule has 2 aromatic carbocycles. The number of aromatic nitrogens is 2. The van der Waals surface area contributed by atoms with Gasteiger partial charge in [-0.15, -0.1) is 12.4 Å². The van der Waals surface area contributed by atoms with E-state index in [4.69, 9.17) is 22.1 Å². The highest BCUT2D eigenvalue weighted by Crippen LogP contribution is 2.16. The number of nitrogens with one attached hydrogen (secondary N) is 2. The lowest BCUT2D eigenvalue weighted by Gasteiger charge is -2.09. The smallest absolute Gasteiger partial charge is 0.277 e. The first-order valence-corrected chi connectivity index (χ1v) is 9.03. The number of halogens is 2. The highest BCUT2D eigenvalue weighted by atomic mass is 35.5. The summed E-state index contributed by atoms with van der Waals surface area (Å²) in [5.74, 6) is 0.343. The van der Waals surface area contributed by atoms with E-state index in [9.17, 15) is 4.79 Å². The third-order valence-corrected chi connectivity index (χ3v) is 4.11. The Morgan fingerprint density at radius 1 is 1.10 bits per heavy atom. The van der Waals surface area contributed by atoms with Gasteiger partial charge in [-0.05, 0) is 45.7 Å². The minimum absolute atomic E-state index is 0. The average molecular weight is 438 g/mol. The Hall–Kier alpha value is -2.81. The molecule has 1 heterocycles. The van der Waals surface area contributed by atoms with Gasteiger partial charge in [0.15, 0.2) is 0 Å². The molecule has 0 aliphatic heterocycles. The average Bonchev–Trinajstić information content (AvgIpc) is 3.13. The summed E-state index contributed by atoms with van der Waals surface area (Å²) in [7, 11) is 0. The molecule has 0 fully saturated rings. The molecular weight excluding hydrogens is 417 g/mol. The van der Waals surface area contributed by atoms with Crippen molar-refractivity contribution in [2.75, 3.05) is 18.8 Å². The SMILES string of the molecule is Cl.Nc1nonc1C(=O)NCCNCc1cccc(OCc2ccc(Cl)cc2)c1. The first-order chi connectivity index (χ1) is 13.6. The minimum atomic E-state index is -0.418. The number of nitrogens with zero attached hydrogens (tertiary/aromatic N) is 2. The standard InChI is InChI=1S/C19H20ClN5O3.ClH/c20-15-6-4-13(5-7-15)12-27-16-3-1-2-14(10-16)11-22-8-9-23-19(26)17-18(21)25-28-24-17;/h1-7,10,22H,8-9,11-12H2,(H2,21,25)(H,23,26);1H. The molecule has 3 rings (SSSR count). The summed E-state index contributed by atoms with van der Waals surface area (Å²) in [4.78, 5) is 11.8. The molecule has 0 bridgehead atoms. The van der Waals surface area contributed by atoms with Crippen molar-refractivity contribution in [3.63, 3.8) is 0 Å². The maximum Gasteiger partial charge on any atom is 0.277 e. The molecule has 0 saturated heterocycles. The number of anilines is 1. The van der Waals surface area contributed by atoms with Gasteiger partial charge in [-0.25, -0.2) is 4.63 Å². The van der Waals surface area contributed by atoms with Crippen molar-refractivity contribution in [3.8, 4) is 5.75 Å². The Kier molecular flexibility index (Phi) is 8.72.